The quantitative estimate of drug-likeness (QED) is 0.868. The summed E-state index contributed by atoms with van der Waals surface area (Å²) < 4.78 is 39.8. The van der Waals surface area contributed by atoms with E-state index in [-0.39, 0.29) is 18.4 Å². The molecule has 2 aromatic rings. The SMILES string of the molecule is Cl.Fc1cc(CN2CCNCC2c2cccnc2)cc(F)c1F. The van der Waals surface area contributed by atoms with Crippen LogP contribution in [-0.4, -0.2) is 29.5 Å². The van der Waals surface area contributed by atoms with Crippen LogP contribution in [0.15, 0.2) is 36.7 Å². The minimum atomic E-state index is -1.42. The van der Waals surface area contributed by atoms with Crippen LogP contribution < -0.4 is 5.32 Å². The Morgan fingerprint density at radius 2 is 1.96 bits per heavy atom. The van der Waals surface area contributed by atoms with E-state index in [1.807, 2.05) is 12.1 Å². The molecule has 2 heterocycles. The van der Waals surface area contributed by atoms with Gasteiger partial charge in [0, 0.05) is 44.6 Å². The predicted octanol–water partition coefficient (Wildman–Crippen LogP) is 3.07. The van der Waals surface area contributed by atoms with Crippen molar-refractivity contribution in [2.24, 2.45) is 0 Å². The van der Waals surface area contributed by atoms with E-state index in [2.05, 4.69) is 15.2 Å². The fourth-order valence-corrected chi connectivity index (χ4v) is 2.77. The summed E-state index contributed by atoms with van der Waals surface area (Å²) in [7, 11) is 0. The Kier molecular flexibility index (Phi) is 5.98. The zero-order valence-corrected chi connectivity index (χ0v) is 13.1. The Morgan fingerprint density at radius 1 is 1.22 bits per heavy atom. The summed E-state index contributed by atoms with van der Waals surface area (Å²) in [6, 6.07) is 6.02. The maximum atomic E-state index is 13.4. The number of pyridine rings is 1. The van der Waals surface area contributed by atoms with Crippen LogP contribution in [0.4, 0.5) is 13.2 Å². The van der Waals surface area contributed by atoms with E-state index in [1.165, 1.54) is 0 Å². The molecule has 0 radical (unpaired) electrons. The molecule has 0 spiro atoms. The van der Waals surface area contributed by atoms with Gasteiger partial charge in [-0.25, -0.2) is 13.2 Å². The van der Waals surface area contributed by atoms with Gasteiger partial charge in [-0.05, 0) is 29.3 Å². The van der Waals surface area contributed by atoms with Gasteiger partial charge in [0.1, 0.15) is 0 Å². The molecule has 1 atom stereocenters. The van der Waals surface area contributed by atoms with Crippen molar-refractivity contribution in [3.8, 4) is 0 Å². The maximum absolute atomic E-state index is 13.4. The Bertz CT molecular complexity index is 631. The molecule has 7 heteroatoms. The highest BCUT2D eigenvalue weighted by Gasteiger charge is 2.24. The molecule has 0 bridgehead atoms. The Balaban J connectivity index is 0.00000192. The van der Waals surface area contributed by atoms with Crippen molar-refractivity contribution >= 4 is 12.4 Å². The van der Waals surface area contributed by atoms with Crippen molar-refractivity contribution in [1.29, 1.82) is 0 Å². The smallest absolute Gasteiger partial charge is 0.194 e. The number of nitrogens with one attached hydrogen (secondary N) is 1. The van der Waals surface area contributed by atoms with Gasteiger partial charge in [-0.1, -0.05) is 6.07 Å². The molecule has 1 aromatic carbocycles. The van der Waals surface area contributed by atoms with Gasteiger partial charge in [0.25, 0.3) is 0 Å². The lowest BCUT2D eigenvalue weighted by atomic mass is 10.0. The lowest BCUT2D eigenvalue weighted by Crippen LogP contribution is -2.45. The van der Waals surface area contributed by atoms with Crippen molar-refractivity contribution in [2.75, 3.05) is 19.6 Å². The number of benzene rings is 1. The average molecular weight is 344 g/mol. The van der Waals surface area contributed by atoms with Crippen molar-refractivity contribution in [2.45, 2.75) is 12.6 Å². The third-order valence-electron chi connectivity index (χ3n) is 3.85. The number of aromatic nitrogens is 1. The average Bonchev–Trinajstić information content (AvgIpc) is 2.54. The molecule has 0 aliphatic carbocycles. The molecular weight excluding hydrogens is 327 g/mol. The second-order valence-electron chi connectivity index (χ2n) is 5.35. The fourth-order valence-electron chi connectivity index (χ4n) is 2.77. The van der Waals surface area contributed by atoms with Crippen LogP contribution in [0.1, 0.15) is 17.2 Å². The van der Waals surface area contributed by atoms with Crippen molar-refractivity contribution in [3.05, 3.63) is 65.2 Å². The topological polar surface area (TPSA) is 28.2 Å². The highest BCUT2D eigenvalue weighted by atomic mass is 35.5. The molecule has 124 valence electrons. The monoisotopic (exact) mass is 343 g/mol. The van der Waals surface area contributed by atoms with Gasteiger partial charge in [0.2, 0.25) is 0 Å². The third-order valence-corrected chi connectivity index (χ3v) is 3.85. The van der Waals surface area contributed by atoms with Gasteiger partial charge >= 0.3 is 0 Å². The molecule has 3 nitrogen and oxygen atoms in total. The zero-order chi connectivity index (χ0) is 15.5. The highest BCUT2D eigenvalue weighted by molar-refractivity contribution is 5.85. The van der Waals surface area contributed by atoms with Crippen LogP contribution in [0.2, 0.25) is 0 Å². The summed E-state index contributed by atoms with van der Waals surface area (Å²) in [6.07, 6.45) is 3.49. The van der Waals surface area contributed by atoms with Gasteiger partial charge in [0.15, 0.2) is 17.5 Å². The highest BCUT2D eigenvalue weighted by Crippen LogP contribution is 2.24. The van der Waals surface area contributed by atoms with Crippen LogP contribution in [0, 0.1) is 17.5 Å². The summed E-state index contributed by atoms with van der Waals surface area (Å²) in [5.41, 5.74) is 1.46. The molecule has 0 saturated carbocycles. The van der Waals surface area contributed by atoms with Crippen LogP contribution in [0.3, 0.4) is 0 Å². The molecule has 1 aromatic heterocycles. The first-order chi connectivity index (χ1) is 10.6. The van der Waals surface area contributed by atoms with Crippen molar-refractivity contribution < 1.29 is 13.2 Å². The largest absolute Gasteiger partial charge is 0.314 e. The second-order valence-corrected chi connectivity index (χ2v) is 5.35. The molecule has 1 N–H and O–H groups in total. The minimum Gasteiger partial charge on any atom is -0.314 e. The van der Waals surface area contributed by atoms with Gasteiger partial charge in [-0.15, -0.1) is 12.4 Å². The van der Waals surface area contributed by atoms with Gasteiger partial charge in [0.05, 0.1) is 0 Å². The van der Waals surface area contributed by atoms with Crippen LogP contribution in [-0.2, 0) is 6.54 Å². The van der Waals surface area contributed by atoms with Crippen LogP contribution >= 0.6 is 12.4 Å². The molecular formula is C16H17ClF3N3. The number of rotatable bonds is 3. The normalized spacial score (nSPS) is 18.5. The van der Waals surface area contributed by atoms with E-state index in [4.69, 9.17) is 0 Å². The summed E-state index contributed by atoms with van der Waals surface area (Å²) in [5, 5.41) is 3.30. The number of hydrogen-bond acceptors (Lipinski definition) is 3. The van der Waals surface area contributed by atoms with Gasteiger partial charge in [-0.3, -0.25) is 9.88 Å². The van der Waals surface area contributed by atoms with Crippen molar-refractivity contribution in [1.82, 2.24) is 15.2 Å². The Labute approximate surface area is 138 Å². The molecule has 3 rings (SSSR count). The van der Waals surface area contributed by atoms with E-state index in [0.717, 1.165) is 37.3 Å². The van der Waals surface area contributed by atoms with E-state index >= 15 is 0 Å². The third kappa shape index (κ3) is 4.02. The molecule has 1 saturated heterocycles. The molecule has 1 unspecified atom stereocenters. The van der Waals surface area contributed by atoms with Crippen LogP contribution in [0.5, 0.6) is 0 Å². The molecule has 1 aliphatic rings. The number of halogens is 4. The predicted molar refractivity (Wildman–Crippen MR) is 83.8 cm³/mol. The lowest BCUT2D eigenvalue weighted by Gasteiger charge is -2.36. The second kappa shape index (κ2) is 7.77. The van der Waals surface area contributed by atoms with Gasteiger partial charge < -0.3 is 5.32 Å². The van der Waals surface area contributed by atoms with Crippen LogP contribution in [0.25, 0.3) is 0 Å². The lowest BCUT2D eigenvalue weighted by molar-refractivity contribution is 0.153. The first-order valence-corrected chi connectivity index (χ1v) is 7.13. The Hall–Kier alpha value is -1.63. The van der Waals surface area contributed by atoms with E-state index in [0.29, 0.717) is 12.1 Å². The summed E-state index contributed by atoms with van der Waals surface area (Å²) >= 11 is 0. The summed E-state index contributed by atoms with van der Waals surface area (Å²) in [6.45, 7) is 2.62. The first-order valence-electron chi connectivity index (χ1n) is 7.13. The maximum Gasteiger partial charge on any atom is 0.194 e. The summed E-state index contributed by atoms with van der Waals surface area (Å²) in [4.78, 5) is 6.23. The fraction of sp³-hybridized carbons (Fsp3) is 0.312. The Morgan fingerprint density at radius 3 is 2.61 bits per heavy atom. The number of nitrogens with zero attached hydrogens (tertiary/aromatic N) is 2. The zero-order valence-electron chi connectivity index (χ0n) is 12.3. The molecule has 1 aliphatic heterocycles. The van der Waals surface area contributed by atoms with Crippen molar-refractivity contribution in [3.63, 3.8) is 0 Å². The standard InChI is InChI=1S/C16H16F3N3.ClH/c17-13-6-11(7-14(18)16(13)19)10-22-5-4-21-9-15(22)12-2-1-3-20-8-12;/h1-3,6-8,15,21H,4-5,9-10H2;1H. The first kappa shape index (κ1) is 17.7. The summed E-state index contributed by atoms with van der Waals surface area (Å²) in [5.74, 6) is -3.72. The molecule has 23 heavy (non-hydrogen) atoms. The van der Waals surface area contributed by atoms with E-state index < -0.39 is 17.5 Å². The van der Waals surface area contributed by atoms with E-state index in [9.17, 15) is 13.2 Å². The van der Waals surface area contributed by atoms with E-state index in [1.54, 1.807) is 12.4 Å². The molecule has 1 fully saturated rings. The van der Waals surface area contributed by atoms with Gasteiger partial charge in [-0.2, -0.15) is 0 Å². The minimum absolute atomic E-state index is 0. The number of piperazine rings is 1. The number of hydrogen-bond donors (Lipinski definition) is 1. The molecule has 0 amide bonds.